The highest BCUT2D eigenvalue weighted by atomic mass is 32.2. The Kier molecular flexibility index (Phi) is 4.04. The van der Waals surface area contributed by atoms with Gasteiger partial charge in [0.25, 0.3) is 15.7 Å². The fourth-order valence-corrected chi connectivity index (χ4v) is 2.77. The van der Waals surface area contributed by atoms with Gasteiger partial charge >= 0.3 is 0 Å². The lowest BCUT2D eigenvalue weighted by Gasteiger charge is -2.09. The highest BCUT2D eigenvalue weighted by Crippen LogP contribution is 2.24. The van der Waals surface area contributed by atoms with Gasteiger partial charge in [0.2, 0.25) is 0 Å². The van der Waals surface area contributed by atoms with Crippen molar-refractivity contribution >= 4 is 21.4 Å². The van der Waals surface area contributed by atoms with Gasteiger partial charge in [-0.15, -0.1) is 0 Å². The van der Waals surface area contributed by atoms with Crippen LogP contribution in [0.3, 0.4) is 0 Å². The van der Waals surface area contributed by atoms with E-state index >= 15 is 0 Å². The fraction of sp³-hybridized carbons (Fsp3) is 0.143. The zero-order valence-electron chi connectivity index (χ0n) is 11.5. The molecule has 0 atom stereocenters. The molecule has 0 aliphatic rings. The predicted molar refractivity (Wildman–Crippen MR) is 77.6 cm³/mol. The Labute approximate surface area is 122 Å². The summed E-state index contributed by atoms with van der Waals surface area (Å²) in [6.45, 7) is 1.83. The predicted octanol–water partition coefficient (Wildman–Crippen LogP) is 2.98. The normalized spacial score (nSPS) is 11.2. The number of nitrogens with zero attached hydrogens (tertiary/aromatic N) is 1. The van der Waals surface area contributed by atoms with Crippen molar-refractivity contribution in [1.82, 2.24) is 0 Å². The molecule has 0 radical (unpaired) electrons. The number of sulfonamides is 1. The SMILES string of the molecule is Cc1ccc(S(=O)(=O)Nc2cc([N+](C)=O)ccc2F)cc1. The quantitative estimate of drug-likeness (QED) is 0.883. The minimum absolute atomic E-state index is 0.0216. The molecule has 110 valence electrons. The van der Waals surface area contributed by atoms with Crippen LogP contribution in [0, 0.1) is 17.6 Å². The average Bonchev–Trinajstić information content (AvgIpc) is 2.41. The van der Waals surface area contributed by atoms with E-state index in [1.807, 2.05) is 6.92 Å². The van der Waals surface area contributed by atoms with Gasteiger partial charge in [-0.2, -0.15) is 0 Å². The van der Waals surface area contributed by atoms with Crippen LogP contribution < -0.4 is 4.72 Å². The van der Waals surface area contributed by atoms with Crippen LogP contribution in [0.15, 0.2) is 47.4 Å². The Morgan fingerprint density at radius 2 is 1.71 bits per heavy atom. The maximum atomic E-state index is 13.7. The molecule has 0 bridgehead atoms. The molecule has 0 spiro atoms. The first-order valence-corrected chi connectivity index (χ1v) is 7.58. The lowest BCUT2D eigenvalue weighted by Crippen LogP contribution is -2.14. The molecule has 0 unspecified atom stereocenters. The summed E-state index contributed by atoms with van der Waals surface area (Å²) in [5.74, 6) is -0.753. The summed E-state index contributed by atoms with van der Waals surface area (Å²) in [5.41, 5.74) is 0.795. The zero-order valence-corrected chi connectivity index (χ0v) is 12.3. The van der Waals surface area contributed by atoms with Gasteiger partial charge in [0.05, 0.1) is 10.6 Å². The fourth-order valence-electron chi connectivity index (χ4n) is 1.71. The Bertz CT molecular complexity index is 786. The second-order valence-electron chi connectivity index (χ2n) is 4.58. The van der Waals surface area contributed by atoms with Gasteiger partial charge in [-0.3, -0.25) is 4.72 Å². The van der Waals surface area contributed by atoms with Crippen LogP contribution in [0.2, 0.25) is 0 Å². The largest absolute Gasteiger partial charge is 0.276 e. The molecule has 0 aromatic heterocycles. The highest BCUT2D eigenvalue weighted by molar-refractivity contribution is 7.92. The second kappa shape index (κ2) is 5.61. The van der Waals surface area contributed by atoms with Gasteiger partial charge in [-0.25, -0.2) is 12.8 Å². The molecule has 0 fully saturated rings. The maximum absolute atomic E-state index is 13.7. The van der Waals surface area contributed by atoms with Crippen LogP contribution in [0.25, 0.3) is 0 Å². The molecule has 2 aromatic carbocycles. The van der Waals surface area contributed by atoms with E-state index in [0.717, 1.165) is 17.7 Å². The summed E-state index contributed by atoms with van der Waals surface area (Å²) in [6.07, 6.45) is 0. The molecule has 0 heterocycles. The molecule has 0 saturated carbocycles. The number of hydrogen-bond acceptors (Lipinski definition) is 3. The molecule has 0 amide bonds. The van der Waals surface area contributed by atoms with E-state index in [1.54, 1.807) is 12.1 Å². The third kappa shape index (κ3) is 3.43. The highest BCUT2D eigenvalue weighted by Gasteiger charge is 2.18. The molecular formula is C14H14FN2O3S+. The summed E-state index contributed by atoms with van der Waals surface area (Å²) < 4.78 is 40.7. The van der Waals surface area contributed by atoms with Crippen molar-refractivity contribution in [3.8, 4) is 0 Å². The van der Waals surface area contributed by atoms with E-state index in [-0.39, 0.29) is 16.3 Å². The molecule has 0 aliphatic heterocycles. The summed E-state index contributed by atoms with van der Waals surface area (Å²) in [7, 11) is -2.66. The van der Waals surface area contributed by atoms with Crippen molar-refractivity contribution in [2.75, 3.05) is 11.8 Å². The minimum atomic E-state index is -3.91. The zero-order chi connectivity index (χ0) is 15.6. The molecule has 21 heavy (non-hydrogen) atoms. The van der Waals surface area contributed by atoms with E-state index in [2.05, 4.69) is 4.72 Å². The van der Waals surface area contributed by atoms with E-state index in [4.69, 9.17) is 0 Å². The summed E-state index contributed by atoms with van der Waals surface area (Å²) in [6, 6.07) is 9.61. The molecule has 2 rings (SSSR count). The van der Waals surface area contributed by atoms with Crippen molar-refractivity contribution in [2.45, 2.75) is 11.8 Å². The molecule has 5 nitrogen and oxygen atoms in total. The Balaban J connectivity index is 2.38. The molecule has 2 aromatic rings. The van der Waals surface area contributed by atoms with Gasteiger partial charge in [0, 0.05) is 21.8 Å². The first-order valence-electron chi connectivity index (χ1n) is 6.09. The third-order valence-corrected chi connectivity index (χ3v) is 4.27. The topological polar surface area (TPSA) is 66.2 Å². The van der Waals surface area contributed by atoms with Crippen LogP contribution >= 0.6 is 0 Å². The Morgan fingerprint density at radius 3 is 2.29 bits per heavy atom. The molecular weight excluding hydrogens is 295 g/mol. The van der Waals surface area contributed by atoms with E-state index in [1.165, 1.54) is 25.2 Å². The Hall–Kier alpha value is -2.28. The number of nitroso groups, excluding NO2 is 1. The number of rotatable bonds is 4. The molecule has 0 saturated heterocycles. The number of anilines is 1. The van der Waals surface area contributed by atoms with Gasteiger partial charge in [-0.05, 0) is 25.1 Å². The van der Waals surface area contributed by atoms with Crippen molar-refractivity contribution in [3.63, 3.8) is 0 Å². The lowest BCUT2D eigenvalue weighted by molar-refractivity contribution is -0.428. The third-order valence-electron chi connectivity index (χ3n) is 2.89. The van der Waals surface area contributed by atoms with Gasteiger partial charge in [-0.1, -0.05) is 17.7 Å². The van der Waals surface area contributed by atoms with Crippen molar-refractivity contribution in [3.05, 3.63) is 58.8 Å². The van der Waals surface area contributed by atoms with E-state index in [0.29, 0.717) is 4.76 Å². The smallest absolute Gasteiger partial charge is 0.261 e. The number of hydrogen-bond donors (Lipinski definition) is 1. The van der Waals surface area contributed by atoms with Crippen molar-refractivity contribution in [2.24, 2.45) is 0 Å². The van der Waals surface area contributed by atoms with Crippen molar-refractivity contribution < 1.29 is 17.6 Å². The van der Waals surface area contributed by atoms with Crippen molar-refractivity contribution in [1.29, 1.82) is 0 Å². The number of halogens is 1. The number of benzene rings is 2. The first kappa shape index (κ1) is 15.1. The van der Waals surface area contributed by atoms with Crippen LogP contribution in [-0.4, -0.2) is 20.2 Å². The standard InChI is InChI=1S/C14H14FN2O3S/c1-10-3-6-12(7-4-10)21(19,20)16-14-9-11(17(2)18)5-8-13(14)15/h3-9,16H,1-2H3/q+1. The lowest BCUT2D eigenvalue weighted by atomic mass is 10.2. The first-order chi connectivity index (χ1) is 9.79. The number of aryl methyl sites for hydroxylation is 1. The second-order valence-corrected chi connectivity index (χ2v) is 6.26. The van der Waals surface area contributed by atoms with Gasteiger partial charge < -0.3 is 0 Å². The van der Waals surface area contributed by atoms with Crippen LogP contribution in [0.4, 0.5) is 15.8 Å². The average molecular weight is 309 g/mol. The van der Waals surface area contributed by atoms with Crippen LogP contribution in [-0.2, 0) is 10.0 Å². The summed E-state index contributed by atoms with van der Waals surface area (Å²) in [4.78, 5) is 11.2. The maximum Gasteiger partial charge on any atom is 0.261 e. The Morgan fingerprint density at radius 1 is 1.10 bits per heavy atom. The summed E-state index contributed by atoms with van der Waals surface area (Å²) in [5, 5.41) is 0. The summed E-state index contributed by atoms with van der Waals surface area (Å²) >= 11 is 0. The molecule has 0 aliphatic carbocycles. The van der Waals surface area contributed by atoms with Crippen LogP contribution in [0.1, 0.15) is 5.56 Å². The monoisotopic (exact) mass is 309 g/mol. The van der Waals surface area contributed by atoms with E-state index in [9.17, 15) is 17.7 Å². The molecule has 1 N–H and O–H groups in total. The minimum Gasteiger partial charge on any atom is -0.276 e. The van der Waals surface area contributed by atoms with Gasteiger partial charge in [0.1, 0.15) is 5.82 Å². The van der Waals surface area contributed by atoms with Gasteiger partial charge in [0.15, 0.2) is 7.05 Å². The molecule has 7 heteroatoms. The van der Waals surface area contributed by atoms with E-state index < -0.39 is 15.8 Å². The number of nitrogens with one attached hydrogen (secondary N) is 1. The van der Waals surface area contributed by atoms with Crippen LogP contribution in [0.5, 0.6) is 0 Å².